The van der Waals surface area contributed by atoms with Crippen molar-refractivity contribution < 1.29 is 14.3 Å². The molecule has 1 rings (SSSR count). The molecule has 0 aromatic carbocycles. The van der Waals surface area contributed by atoms with Crippen LogP contribution in [0.25, 0.3) is 0 Å². The van der Waals surface area contributed by atoms with Gasteiger partial charge >= 0.3 is 5.97 Å². The van der Waals surface area contributed by atoms with Crippen molar-refractivity contribution in [1.82, 2.24) is 10.2 Å². The lowest BCUT2D eigenvalue weighted by atomic mass is 10.1. The molecule has 1 aromatic rings. The molecule has 2 N–H and O–H groups in total. The van der Waals surface area contributed by atoms with E-state index in [4.69, 9.17) is 17.0 Å². The van der Waals surface area contributed by atoms with Gasteiger partial charge in [0, 0.05) is 19.6 Å². The maximum atomic E-state index is 12.3. The van der Waals surface area contributed by atoms with Crippen molar-refractivity contribution in [1.29, 1.82) is 0 Å². The van der Waals surface area contributed by atoms with Gasteiger partial charge in [-0.15, -0.1) is 11.3 Å². The summed E-state index contributed by atoms with van der Waals surface area (Å²) >= 11 is 6.46. The molecular weight excluding hydrogens is 334 g/mol. The first-order valence-corrected chi connectivity index (χ1v) is 8.23. The van der Waals surface area contributed by atoms with Crippen molar-refractivity contribution >= 4 is 45.5 Å². The van der Waals surface area contributed by atoms with Gasteiger partial charge in [0.1, 0.15) is 5.00 Å². The second-order valence-electron chi connectivity index (χ2n) is 6.28. The van der Waals surface area contributed by atoms with E-state index < -0.39 is 5.97 Å². The lowest BCUT2D eigenvalue weighted by Gasteiger charge is -2.22. The summed E-state index contributed by atoms with van der Waals surface area (Å²) in [5, 5.41) is 7.00. The van der Waals surface area contributed by atoms with E-state index in [1.54, 1.807) is 21.0 Å². The normalized spacial score (nSPS) is 10.9. The first-order valence-electron chi connectivity index (χ1n) is 7.00. The van der Waals surface area contributed by atoms with E-state index in [0.717, 1.165) is 0 Å². The van der Waals surface area contributed by atoms with Gasteiger partial charge in [0.25, 0.3) is 5.91 Å². The number of carbonyl (C=O) groups is 2. The highest BCUT2D eigenvalue weighted by molar-refractivity contribution is 7.80. The first-order chi connectivity index (χ1) is 10.5. The number of thiocarbonyl (C=S) groups is 1. The first kappa shape index (κ1) is 19.4. The zero-order valence-corrected chi connectivity index (χ0v) is 16.1. The molecule has 0 saturated carbocycles. The minimum Gasteiger partial charge on any atom is -0.465 e. The Hall–Kier alpha value is -1.67. The Morgan fingerprint density at radius 3 is 2.26 bits per heavy atom. The van der Waals surface area contributed by atoms with Crippen LogP contribution in [0.3, 0.4) is 0 Å². The monoisotopic (exact) mass is 357 g/mol. The van der Waals surface area contributed by atoms with Crippen molar-refractivity contribution in [2.75, 3.05) is 26.5 Å². The number of ether oxygens (including phenoxy) is 1. The van der Waals surface area contributed by atoms with Crippen LogP contribution in [0.1, 0.15) is 46.4 Å². The van der Waals surface area contributed by atoms with Crippen LogP contribution >= 0.6 is 23.6 Å². The molecule has 0 fully saturated rings. The number of hydrogen-bond donors (Lipinski definition) is 2. The molecule has 1 aromatic heterocycles. The molecule has 0 bridgehead atoms. The fourth-order valence-electron chi connectivity index (χ4n) is 1.83. The number of thiophene rings is 1. The Morgan fingerprint density at radius 2 is 1.83 bits per heavy atom. The van der Waals surface area contributed by atoms with Gasteiger partial charge in [0.05, 0.1) is 17.6 Å². The number of carbonyl (C=O) groups excluding carboxylic acids is 2. The average Bonchev–Trinajstić information content (AvgIpc) is 2.71. The van der Waals surface area contributed by atoms with Crippen molar-refractivity contribution in [3.05, 3.63) is 16.0 Å². The van der Waals surface area contributed by atoms with Crippen molar-refractivity contribution in [3.63, 3.8) is 0 Å². The van der Waals surface area contributed by atoms with Gasteiger partial charge in [-0.3, -0.25) is 4.79 Å². The van der Waals surface area contributed by atoms with Crippen LogP contribution in [-0.4, -0.2) is 48.6 Å². The molecule has 8 heteroatoms. The average molecular weight is 358 g/mol. The second-order valence-corrected chi connectivity index (χ2v) is 7.71. The predicted octanol–water partition coefficient (Wildman–Crippen LogP) is 2.63. The van der Waals surface area contributed by atoms with E-state index in [1.807, 2.05) is 20.8 Å². The zero-order chi connectivity index (χ0) is 17.9. The third-order valence-electron chi connectivity index (χ3n) is 2.85. The summed E-state index contributed by atoms with van der Waals surface area (Å²) in [6, 6.07) is 0. The summed E-state index contributed by atoms with van der Waals surface area (Å²) in [6.45, 7) is 7.65. The van der Waals surface area contributed by atoms with E-state index in [9.17, 15) is 9.59 Å². The van der Waals surface area contributed by atoms with Gasteiger partial charge in [-0.1, -0.05) is 0 Å². The molecule has 0 unspecified atom stereocenters. The third kappa shape index (κ3) is 4.90. The number of methoxy groups -OCH3 is 1. The van der Waals surface area contributed by atoms with Crippen LogP contribution < -0.4 is 10.6 Å². The maximum absolute atomic E-state index is 12.3. The number of nitrogens with zero attached hydrogens (tertiary/aromatic N) is 1. The van der Waals surface area contributed by atoms with Crippen molar-refractivity contribution in [2.45, 2.75) is 33.2 Å². The van der Waals surface area contributed by atoms with E-state index in [2.05, 4.69) is 10.6 Å². The van der Waals surface area contributed by atoms with Gasteiger partial charge in [-0.25, -0.2) is 4.79 Å². The Labute approximate surface area is 146 Å². The molecule has 0 spiro atoms. The van der Waals surface area contributed by atoms with E-state index in [0.29, 0.717) is 26.1 Å². The second kappa shape index (κ2) is 7.27. The molecule has 1 heterocycles. The summed E-state index contributed by atoms with van der Waals surface area (Å²) in [7, 11) is 4.64. The molecule has 0 aliphatic carbocycles. The van der Waals surface area contributed by atoms with Crippen molar-refractivity contribution in [2.24, 2.45) is 0 Å². The van der Waals surface area contributed by atoms with Crippen LogP contribution in [0.15, 0.2) is 0 Å². The quantitative estimate of drug-likeness (QED) is 0.640. The summed E-state index contributed by atoms with van der Waals surface area (Å²) in [6.07, 6.45) is 0. The lowest BCUT2D eigenvalue weighted by Crippen LogP contribution is -2.43. The van der Waals surface area contributed by atoms with E-state index in [-0.39, 0.29) is 11.4 Å². The van der Waals surface area contributed by atoms with Crippen LogP contribution in [0.4, 0.5) is 5.00 Å². The molecule has 0 aliphatic heterocycles. The molecular formula is C15H23N3O3S2. The summed E-state index contributed by atoms with van der Waals surface area (Å²) in [5.41, 5.74) is 0.701. The van der Waals surface area contributed by atoms with Gasteiger partial charge in [0.2, 0.25) is 0 Å². The van der Waals surface area contributed by atoms with Crippen molar-refractivity contribution in [3.8, 4) is 0 Å². The smallest absolute Gasteiger partial charge is 0.341 e. The molecule has 23 heavy (non-hydrogen) atoms. The van der Waals surface area contributed by atoms with Crippen LogP contribution in [0.5, 0.6) is 0 Å². The SMILES string of the molecule is COC(=O)c1c(NC(=S)NC(C)(C)C)sc(C(=O)N(C)C)c1C. The van der Waals surface area contributed by atoms with Gasteiger partial charge in [-0.2, -0.15) is 0 Å². The van der Waals surface area contributed by atoms with Crippen LogP contribution in [0, 0.1) is 6.92 Å². The molecule has 0 atom stereocenters. The number of nitrogens with one attached hydrogen (secondary N) is 2. The highest BCUT2D eigenvalue weighted by Crippen LogP contribution is 2.34. The number of amides is 1. The van der Waals surface area contributed by atoms with Gasteiger partial charge < -0.3 is 20.3 Å². The summed E-state index contributed by atoms with van der Waals surface area (Å²) < 4.78 is 4.83. The van der Waals surface area contributed by atoms with E-state index >= 15 is 0 Å². The Bertz CT molecular complexity index is 631. The zero-order valence-electron chi connectivity index (χ0n) is 14.5. The molecule has 1 amide bonds. The topological polar surface area (TPSA) is 70.7 Å². The fraction of sp³-hybridized carbons (Fsp3) is 0.533. The Kier molecular flexibility index (Phi) is 6.12. The lowest BCUT2D eigenvalue weighted by molar-refractivity contribution is 0.0601. The summed E-state index contributed by atoms with van der Waals surface area (Å²) in [5.74, 6) is -0.669. The standard InChI is InChI=1S/C15H23N3O3S2/c1-8-9(13(20)21-7)11(16-14(22)17-15(2,3)4)23-10(8)12(19)18(5)6/h1-7H3,(H2,16,17,22). The Balaban J connectivity index is 3.25. The Morgan fingerprint density at radius 1 is 1.26 bits per heavy atom. The van der Waals surface area contributed by atoms with E-state index in [1.165, 1.54) is 23.3 Å². The highest BCUT2D eigenvalue weighted by atomic mass is 32.1. The third-order valence-corrected chi connectivity index (χ3v) is 4.25. The summed E-state index contributed by atoms with van der Waals surface area (Å²) in [4.78, 5) is 26.3. The minimum atomic E-state index is -0.502. The molecule has 0 radical (unpaired) electrons. The molecule has 6 nitrogen and oxygen atoms in total. The van der Waals surface area contributed by atoms with Crippen LogP contribution in [0.2, 0.25) is 0 Å². The molecule has 0 saturated heterocycles. The number of anilines is 1. The molecule has 0 aliphatic rings. The van der Waals surface area contributed by atoms with Gasteiger partial charge in [-0.05, 0) is 45.5 Å². The van der Waals surface area contributed by atoms with Crippen LogP contribution in [-0.2, 0) is 4.74 Å². The van der Waals surface area contributed by atoms with Gasteiger partial charge in [0.15, 0.2) is 5.11 Å². The minimum absolute atomic E-state index is 0.166. The number of hydrogen-bond acceptors (Lipinski definition) is 5. The largest absolute Gasteiger partial charge is 0.465 e. The fourth-order valence-corrected chi connectivity index (χ4v) is 3.53. The maximum Gasteiger partial charge on any atom is 0.341 e. The highest BCUT2D eigenvalue weighted by Gasteiger charge is 2.26. The number of rotatable bonds is 3. The number of esters is 1. The molecule has 128 valence electrons. The predicted molar refractivity (Wildman–Crippen MR) is 97.5 cm³/mol.